The summed E-state index contributed by atoms with van der Waals surface area (Å²) in [5.74, 6) is 1.12. The van der Waals surface area contributed by atoms with Gasteiger partial charge in [-0.15, -0.1) is 0 Å². The van der Waals surface area contributed by atoms with Crippen LogP contribution in [0, 0.1) is 12.8 Å². The molecule has 1 rings (SSSR count). The lowest BCUT2D eigenvalue weighted by Gasteiger charge is -2.21. The van der Waals surface area contributed by atoms with Crippen molar-refractivity contribution in [1.29, 1.82) is 0 Å². The first kappa shape index (κ1) is 18.3. The fourth-order valence-electron chi connectivity index (χ4n) is 2.19. The molecule has 0 aliphatic carbocycles. The standard InChI is InChI=1S/C17H28N2O3/c1-5-10-19(17(21)15-8-12-22-14(15)4)11-7-16(20)18-9-6-13(2)3/h8,12-13H,5-7,9-11H2,1-4H3,(H,18,20). The minimum Gasteiger partial charge on any atom is -0.469 e. The average Bonchev–Trinajstić information content (AvgIpc) is 2.88. The van der Waals surface area contributed by atoms with Crippen LogP contribution in [0.5, 0.6) is 0 Å². The summed E-state index contributed by atoms with van der Waals surface area (Å²) in [6.07, 6.45) is 3.68. The Kier molecular flexibility index (Phi) is 7.71. The van der Waals surface area contributed by atoms with Crippen molar-refractivity contribution in [1.82, 2.24) is 10.2 Å². The van der Waals surface area contributed by atoms with Gasteiger partial charge in [0.15, 0.2) is 0 Å². The lowest BCUT2D eigenvalue weighted by molar-refractivity contribution is -0.121. The summed E-state index contributed by atoms with van der Waals surface area (Å²) in [5, 5.41) is 2.90. The highest BCUT2D eigenvalue weighted by Crippen LogP contribution is 2.12. The second-order valence-corrected chi connectivity index (χ2v) is 5.97. The molecule has 1 aromatic rings. The van der Waals surface area contributed by atoms with E-state index in [0.717, 1.165) is 12.8 Å². The van der Waals surface area contributed by atoms with Crippen molar-refractivity contribution in [2.45, 2.75) is 47.0 Å². The molecule has 1 N–H and O–H groups in total. The molecule has 0 spiro atoms. The first-order valence-corrected chi connectivity index (χ1v) is 8.05. The number of furan rings is 1. The van der Waals surface area contributed by atoms with Gasteiger partial charge in [-0.25, -0.2) is 0 Å². The zero-order valence-corrected chi connectivity index (χ0v) is 14.1. The summed E-state index contributed by atoms with van der Waals surface area (Å²) >= 11 is 0. The fraction of sp³-hybridized carbons (Fsp3) is 0.647. The van der Waals surface area contributed by atoms with E-state index in [4.69, 9.17) is 4.42 Å². The molecule has 5 nitrogen and oxygen atoms in total. The van der Waals surface area contributed by atoms with Crippen molar-refractivity contribution < 1.29 is 14.0 Å². The van der Waals surface area contributed by atoms with Crippen molar-refractivity contribution in [3.8, 4) is 0 Å². The lowest BCUT2D eigenvalue weighted by Crippen LogP contribution is -2.36. The molecule has 1 heterocycles. The number of carbonyl (C=O) groups is 2. The van der Waals surface area contributed by atoms with Gasteiger partial charge in [0, 0.05) is 26.1 Å². The molecule has 0 saturated carbocycles. The van der Waals surface area contributed by atoms with Crippen LogP contribution in [0.25, 0.3) is 0 Å². The van der Waals surface area contributed by atoms with E-state index in [0.29, 0.717) is 43.3 Å². The van der Waals surface area contributed by atoms with Crippen molar-refractivity contribution >= 4 is 11.8 Å². The number of aryl methyl sites for hydroxylation is 1. The van der Waals surface area contributed by atoms with Gasteiger partial charge in [0.05, 0.1) is 11.8 Å². The molecule has 0 saturated heterocycles. The van der Waals surface area contributed by atoms with E-state index in [9.17, 15) is 9.59 Å². The van der Waals surface area contributed by atoms with Crippen molar-refractivity contribution in [2.75, 3.05) is 19.6 Å². The van der Waals surface area contributed by atoms with Gasteiger partial charge in [-0.05, 0) is 31.7 Å². The number of nitrogens with one attached hydrogen (secondary N) is 1. The molecule has 1 aromatic heterocycles. The number of nitrogens with zero attached hydrogens (tertiary/aromatic N) is 1. The summed E-state index contributed by atoms with van der Waals surface area (Å²) in [4.78, 5) is 26.0. The second kappa shape index (κ2) is 9.28. The molecule has 0 fully saturated rings. The average molecular weight is 308 g/mol. The molecule has 0 radical (unpaired) electrons. The summed E-state index contributed by atoms with van der Waals surface area (Å²) in [5.41, 5.74) is 0.577. The van der Waals surface area contributed by atoms with Crippen LogP contribution in [0.1, 0.15) is 56.2 Å². The first-order valence-electron chi connectivity index (χ1n) is 8.05. The van der Waals surface area contributed by atoms with Gasteiger partial charge in [-0.1, -0.05) is 20.8 Å². The highest BCUT2D eigenvalue weighted by Gasteiger charge is 2.19. The summed E-state index contributed by atoms with van der Waals surface area (Å²) in [7, 11) is 0. The van der Waals surface area contributed by atoms with Crippen LogP contribution in [0.3, 0.4) is 0 Å². The third-order valence-corrected chi connectivity index (χ3v) is 3.52. The van der Waals surface area contributed by atoms with Crippen molar-refractivity contribution in [3.05, 3.63) is 23.7 Å². The third kappa shape index (κ3) is 5.92. The Morgan fingerprint density at radius 2 is 2.05 bits per heavy atom. The predicted octanol–water partition coefficient (Wildman–Crippen LogP) is 2.99. The van der Waals surface area contributed by atoms with Gasteiger partial charge in [-0.2, -0.15) is 0 Å². The van der Waals surface area contributed by atoms with Crippen LogP contribution in [0.2, 0.25) is 0 Å². The lowest BCUT2D eigenvalue weighted by atomic mass is 10.1. The Morgan fingerprint density at radius 1 is 1.32 bits per heavy atom. The Bertz CT molecular complexity index is 480. The van der Waals surface area contributed by atoms with Gasteiger partial charge in [-0.3, -0.25) is 9.59 Å². The van der Waals surface area contributed by atoms with E-state index < -0.39 is 0 Å². The molecule has 22 heavy (non-hydrogen) atoms. The molecule has 0 aliphatic rings. The molecule has 2 amide bonds. The highest BCUT2D eigenvalue weighted by molar-refractivity contribution is 5.95. The monoisotopic (exact) mass is 308 g/mol. The third-order valence-electron chi connectivity index (χ3n) is 3.52. The number of carbonyl (C=O) groups excluding carboxylic acids is 2. The summed E-state index contributed by atoms with van der Waals surface area (Å²) in [6, 6.07) is 1.68. The Hall–Kier alpha value is -1.78. The van der Waals surface area contributed by atoms with E-state index in [1.165, 1.54) is 6.26 Å². The van der Waals surface area contributed by atoms with Crippen LogP contribution >= 0.6 is 0 Å². The minimum absolute atomic E-state index is 0.00142. The fourth-order valence-corrected chi connectivity index (χ4v) is 2.19. The van der Waals surface area contributed by atoms with Gasteiger partial charge in [0.1, 0.15) is 5.76 Å². The van der Waals surface area contributed by atoms with Crippen molar-refractivity contribution in [3.63, 3.8) is 0 Å². The van der Waals surface area contributed by atoms with Crippen LogP contribution < -0.4 is 5.32 Å². The normalized spacial score (nSPS) is 10.8. The van der Waals surface area contributed by atoms with Crippen molar-refractivity contribution in [2.24, 2.45) is 5.92 Å². The number of hydrogen-bond acceptors (Lipinski definition) is 3. The molecule has 5 heteroatoms. The smallest absolute Gasteiger partial charge is 0.257 e. The SMILES string of the molecule is CCCN(CCC(=O)NCCC(C)C)C(=O)c1ccoc1C. The molecule has 0 unspecified atom stereocenters. The van der Waals surface area contributed by atoms with E-state index in [1.54, 1.807) is 17.9 Å². The quantitative estimate of drug-likeness (QED) is 0.763. The van der Waals surface area contributed by atoms with Crippen LogP contribution in [-0.4, -0.2) is 36.3 Å². The molecular weight excluding hydrogens is 280 g/mol. The molecular formula is C17H28N2O3. The maximum absolute atomic E-state index is 12.5. The Balaban J connectivity index is 2.49. The minimum atomic E-state index is -0.0666. The Morgan fingerprint density at radius 3 is 2.59 bits per heavy atom. The van der Waals surface area contributed by atoms with E-state index >= 15 is 0 Å². The molecule has 0 aliphatic heterocycles. The maximum Gasteiger partial charge on any atom is 0.257 e. The number of hydrogen-bond donors (Lipinski definition) is 1. The van der Waals surface area contributed by atoms with Crippen LogP contribution in [-0.2, 0) is 4.79 Å². The number of amides is 2. The topological polar surface area (TPSA) is 62.6 Å². The zero-order valence-electron chi connectivity index (χ0n) is 14.1. The largest absolute Gasteiger partial charge is 0.469 e. The van der Waals surface area contributed by atoms with Crippen LogP contribution in [0.15, 0.2) is 16.7 Å². The van der Waals surface area contributed by atoms with E-state index in [-0.39, 0.29) is 11.8 Å². The van der Waals surface area contributed by atoms with Gasteiger partial charge in [0.2, 0.25) is 5.91 Å². The van der Waals surface area contributed by atoms with E-state index in [1.807, 2.05) is 6.92 Å². The number of rotatable bonds is 9. The van der Waals surface area contributed by atoms with Gasteiger partial charge < -0.3 is 14.6 Å². The zero-order chi connectivity index (χ0) is 16.5. The predicted molar refractivity (Wildman–Crippen MR) is 86.7 cm³/mol. The van der Waals surface area contributed by atoms with Gasteiger partial charge in [0.25, 0.3) is 5.91 Å². The van der Waals surface area contributed by atoms with E-state index in [2.05, 4.69) is 19.2 Å². The highest BCUT2D eigenvalue weighted by atomic mass is 16.3. The van der Waals surface area contributed by atoms with Crippen LogP contribution in [0.4, 0.5) is 0 Å². The Labute approximate surface area is 133 Å². The first-order chi connectivity index (χ1) is 10.5. The molecule has 124 valence electrons. The molecule has 0 aromatic carbocycles. The van der Waals surface area contributed by atoms with Gasteiger partial charge >= 0.3 is 0 Å². The molecule has 0 bridgehead atoms. The molecule has 0 atom stereocenters. The second-order valence-electron chi connectivity index (χ2n) is 5.97. The summed E-state index contributed by atoms with van der Waals surface area (Å²) < 4.78 is 5.19. The maximum atomic E-state index is 12.5. The summed E-state index contributed by atoms with van der Waals surface area (Å²) in [6.45, 7) is 9.82.